The van der Waals surface area contributed by atoms with Gasteiger partial charge >= 0.3 is 11.8 Å². The zero-order valence-electron chi connectivity index (χ0n) is 16.5. The van der Waals surface area contributed by atoms with Crippen molar-refractivity contribution in [2.75, 3.05) is 26.6 Å². The van der Waals surface area contributed by atoms with Crippen molar-refractivity contribution in [1.82, 2.24) is 5.43 Å². The average molecular weight is 385 g/mol. The molecule has 2 rings (SSSR count). The van der Waals surface area contributed by atoms with E-state index in [2.05, 4.69) is 15.8 Å². The summed E-state index contributed by atoms with van der Waals surface area (Å²) in [5, 5.41) is 6.35. The predicted molar refractivity (Wildman–Crippen MR) is 106 cm³/mol. The van der Waals surface area contributed by atoms with Crippen LogP contribution in [0.1, 0.15) is 16.7 Å². The van der Waals surface area contributed by atoms with Crippen LogP contribution < -0.4 is 25.0 Å². The highest BCUT2D eigenvalue weighted by Gasteiger charge is 2.14. The number of rotatable bonds is 6. The SMILES string of the molecule is COc1cc(/C=N/NC(=O)C(=O)Nc2cc(C)cc(C)c2)cc(OC)c1OC. The van der Waals surface area contributed by atoms with Crippen molar-refractivity contribution in [3.8, 4) is 17.2 Å². The number of aryl methyl sites for hydroxylation is 2. The van der Waals surface area contributed by atoms with Crippen LogP contribution in [0.3, 0.4) is 0 Å². The van der Waals surface area contributed by atoms with E-state index in [1.807, 2.05) is 19.9 Å². The molecule has 8 heteroatoms. The number of methoxy groups -OCH3 is 3. The van der Waals surface area contributed by atoms with E-state index < -0.39 is 11.8 Å². The van der Waals surface area contributed by atoms with E-state index in [1.165, 1.54) is 27.5 Å². The van der Waals surface area contributed by atoms with Crippen LogP contribution in [0, 0.1) is 13.8 Å². The van der Waals surface area contributed by atoms with Crippen LogP contribution >= 0.6 is 0 Å². The number of amides is 2. The maximum Gasteiger partial charge on any atom is 0.329 e. The Morgan fingerprint density at radius 2 is 1.43 bits per heavy atom. The molecule has 0 bridgehead atoms. The summed E-state index contributed by atoms with van der Waals surface area (Å²) in [7, 11) is 4.50. The molecule has 148 valence electrons. The zero-order chi connectivity index (χ0) is 20.7. The predicted octanol–water partition coefficient (Wildman–Crippen LogP) is 2.42. The number of hydrazone groups is 1. The molecule has 0 spiro atoms. The number of ether oxygens (including phenoxy) is 3. The quantitative estimate of drug-likeness (QED) is 0.452. The highest BCUT2D eigenvalue weighted by atomic mass is 16.5. The Bertz CT molecular complexity index is 863. The van der Waals surface area contributed by atoms with Crippen LogP contribution in [0.4, 0.5) is 5.69 Å². The molecule has 0 atom stereocenters. The third kappa shape index (κ3) is 5.23. The van der Waals surface area contributed by atoms with Gasteiger partial charge in [0.05, 0.1) is 27.5 Å². The lowest BCUT2D eigenvalue weighted by Crippen LogP contribution is -2.32. The van der Waals surface area contributed by atoms with Crippen LogP contribution in [-0.4, -0.2) is 39.4 Å². The Hall–Kier alpha value is -3.55. The van der Waals surface area contributed by atoms with Crippen molar-refractivity contribution in [2.45, 2.75) is 13.8 Å². The average Bonchev–Trinajstić information content (AvgIpc) is 2.66. The van der Waals surface area contributed by atoms with Crippen molar-refractivity contribution in [1.29, 1.82) is 0 Å². The largest absolute Gasteiger partial charge is 0.493 e. The molecule has 0 saturated heterocycles. The minimum atomic E-state index is -0.886. The number of carbonyl (C=O) groups excluding carboxylic acids is 2. The first-order valence-electron chi connectivity index (χ1n) is 8.40. The van der Waals surface area contributed by atoms with Crippen LogP contribution in [-0.2, 0) is 9.59 Å². The molecule has 2 N–H and O–H groups in total. The first-order valence-corrected chi connectivity index (χ1v) is 8.40. The third-order valence-electron chi connectivity index (χ3n) is 3.75. The highest BCUT2D eigenvalue weighted by Crippen LogP contribution is 2.37. The molecule has 0 aromatic heterocycles. The first-order chi connectivity index (χ1) is 13.4. The molecular weight excluding hydrogens is 362 g/mol. The Labute approximate surface area is 163 Å². The molecule has 0 fully saturated rings. The number of hydrogen-bond donors (Lipinski definition) is 2. The molecule has 2 aromatic rings. The second-order valence-electron chi connectivity index (χ2n) is 5.99. The van der Waals surface area contributed by atoms with Crippen LogP contribution in [0.2, 0.25) is 0 Å². The van der Waals surface area contributed by atoms with E-state index in [1.54, 1.807) is 24.3 Å². The Morgan fingerprint density at radius 1 is 0.857 bits per heavy atom. The summed E-state index contributed by atoms with van der Waals surface area (Å²) in [4.78, 5) is 24.0. The molecule has 2 amide bonds. The summed E-state index contributed by atoms with van der Waals surface area (Å²) in [6, 6.07) is 8.84. The minimum Gasteiger partial charge on any atom is -0.493 e. The van der Waals surface area contributed by atoms with Gasteiger partial charge in [0, 0.05) is 11.3 Å². The van der Waals surface area contributed by atoms with Crippen LogP contribution in [0.15, 0.2) is 35.4 Å². The molecule has 28 heavy (non-hydrogen) atoms. The number of carbonyl (C=O) groups is 2. The lowest BCUT2D eigenvalue weighted by Gasteiger charge is -2.12. The van der Waals surface area contributed by atoms with E-state index in [9.17, 15) is 9.59 Å². The fourth-order valence-corrected chi connectivity index (χ4v) is 2.63. The topological polar surface area (TPSA) is 98.2 Å². The normalized spacial score (nSPS) is 10.5. The van der Waals surface area contributed by atoms with Crippen molar-refractivity contribution < 1.29 is 23.8 Å². The Kier molecular flexibility index (Phi) is 6.97. The van der Waals surface area contributed by atoms with Crippen LogP contribution in [0.5, 0.6) is 17.2 Å². The molecule has 0 aliphatic rings. The Balaban J connectivity index is 2.05. The van der Waals surface area contributed by atoms with E-state index in [0.29, 0.717) is 28.5 Å². The first kappa shape index (κ1) is 20.8. The summed E-state index contributed by atoms with van der Waals surface area (Å²) >= 11 is 0. The standard InChI is InChI=1S/C20H23N3O5/c1-12-6-13(2)8-15(7-12)22-19(24)20(25)23-21-11-14-9-16(26-3)18(28-5)17(10-14)27-4/h6-11H,1-5H3,(H,22,24)(H,23,25)/b21-11+. The maximum absolute atomic E-state index is 12.0. The monoisotopic (exact) mass is 385 g/mol. The summed E-state index contributed by atoms with van der Waals surface area (Å²) in [6.45, 7) is 3.81. The smallest absolute Gasteiger partial charge is 0.329 e. The summed E-state index contributed by atoms with van der Waals surface area (Å²) in [5.74, 6) is -0.363. The van der Waals surface area contributed by atoms with Gasteiger partial charge in [-0.2, -0.15) is 5.10 Å². The third-order valence-corrected chi connectivity index (χ3v) is 3.75. The molecule has 2 aromatic carbocycles. The molecular formula is C20H23N3O5. The molecule has 0 heterocycles. The fourth-order valence-electron chi connectivity index (χ4n) is 2.63. The van der Waals surface area contributed by atoms with Gasteiger partial charge in [-0.25, -0.2) is 5.43 Å². The highest BCUT2D eigenvalue weighted by molar-refractivity contribution is 6.39. The number of nitrogens with zero attached hydrogens (tertiary/aromatic N) is 1. The van der Waals surface area contributed by atoms with Gasteiger partial charge in [-0.05, 0) is 49.2 Å². The van der Waals surface area contributed by atoms with Gasteiger partial charge in [0.2, 0.25) is 5.75 Å². The van der Waals surface area contributed by atoms with E-state index >= 15 is 0 Å². The van der Waals surface area contributed by atoms with Gasteiger partial charge in [-0.3, -0.25) is 9.59 Å². The lowest BCUT2D eigenvalue weighted by molar-refractivity contribution is -0.136. The number of benzene rings is 2. The zero-order valence-corrected chi connectivity index (χ0v) is 16.5. The summed E-state index contributed by atoms with van der Waals surface area (Å²) < 4.78 is 15.7. The second-order valence-corrected chi connectivity index (χ2v) is 5.99. The summed E-state index contributed by atoms with van der Waals surface area (Å²) in [6.07, 6.45) is 1.37. The molecule has 0 aliphatic carbocycles. The lowest BCUT2D eigenvalue weighted by atomic mass is 10.1. The van der Waals surface area contributed by atoms with Gasteiger partial charge < -0.3 is 19.5 Å². The number of hydrogen-bond acceptors (Lipinski definition) is 6. The van der Waals surface area contributed by atoms with Gasteiger partial charge in [0.1, 0.15) is 0 Å². The molecule has 0 radical (unpaired) electrons. The molecule has 0 aliphatic heterocycles. The Morgan fingerprint density at radius 3 is 1.93 bits per heavy atom. The van der Waals surface area contributed by atoms with Gasteiger partial charge in [-0.15, -0.1) is 0 Å². The maximum atomic E-state index is 12.0. The van der Waals surface area contributed by atoms with Crippen LogP contribution in [0.25, 0.3) is 0 Å². The van der Waals surface area contributed by atoms with Gasteiger partial charge in [0.25, 0.3) is 0 Å². The van der Waals surface area contributed by atoms with Gasteiger partial charge in [-0.1, -0.05) is 6.07 Å². The van der Waals surface area contributed by atoms with Crippen molar-refractivity contribution in [3.05, 3.63) is 47.0 Å². The van der Waals surface area contributed by atoms with E-state index in [0.717, 1.165) is 11.1 Å². The number of nitrogens with one attached hydrogen (secondary N) is 2. The molecule has 0 unspecified atom stereocenters. The molecule has 8 nitrogen and oxygen atoms in total. The fraction of sp³-hybridized carbons (Fsp3) is 0.250. The molecule has 0 saturated carbocycles. The number of anilines is 1. The summed E-state index contributed by atoms with van der Waals surface area (Å²) in [5.41, 5.74) is 5.29. The minimum absolute atomic E-state index is 0.444. The van der Waals surface area contributed by atoms with Crippen molar-refractivity contribution in [3.63, 3.8) is 0 Å². The van der Waals surface area contributed by atoms with Crippen molar-refractivity contribution >= 4 is 23.7 Å². The van der Waals surface area contributed by atoms with E-state index in [4.69, 9.17) is 14.2 Å². The van der Waals surface area contributed by atoms with Crippen molar-refractivity contribution in [2.24, 2.45) is 5.10 Å². The van der Waals surface area contributed by atoms with E-state index in [-0.39, 0.29) is 0 Å². The van der Waals surface area contributed by atoms with Gasteiger partial charge in [0.15, 0.2) is 11.5 Å². The second kappa shape index (κ2) is 9.40.